The minimum atomic E-state index is -4.68. The average molecular weight is 442 g/mol. The third-order valence-corrected chi connectivity index (χ3v) is 6.29. The van der Waals surface area contributed by atoms with Gasteiger partial charge in [0.1, 0.15) is 0 Å². The molecule has 3 aromatic rings. The van der Waals surface area contributed by atoms with Crippen molar-refractivity contribution in [2.24, 2.45) is 0 Å². The second-order valence-electron chi connectivity index (χ2n) is 6.76. The van der Waals surface area contributed by atoms with Gasteiger partial charge < -0.3 is 9.42 Å². The lowest BCUT2D eigenvalue weighted by Gasteiger charge is -2.29. The smallest absolute Gasteiger partial charge is 0.337 e. The van der Waals surface area contributed by atoms with E-state index < -0.39 is 12.1 Å². The summed E-state index contributed by atoms with van der Waals surface area (Å²) in [7, 11) is 0. The fourth-order valence-electron chi connectivity index (χ4n) is 3.24. The molecule has 152 valence electrons. The molecule has 1 atom stereocenters. The van der Waals surface area contributed by atoms with Gasteiger partial charge in [-0.15, -0.1) is 11.3 Å². The van der Waals surface area contributed by atoms with E-state index in [1.165, 1.54) is 11.3 Å². The van der Waals surface area contributed by atoms with Crippen LogP contribution in [-0.4, -0.2) is 27.5 Å². The third-order valence-electron chi connectivity index (χ3n) is 4.81. The number of halogens is 4. The van der Waals surface area contributed by atoms with Crippen molar-refractivity contribution in [1.82, 2.24) is 15.0 Å². The molecular weight excluding hydrogens is 427 g/mol. The van der Waals surface area contributed by atoms with Crippen molar-refractivity contribution in [2.45, 2.75) is 32.0 Å². The maximum absolute atomic E-state index is 12.9. The van der Waals surface area contributed by atoms with E-state index in [1.807, 2.05) is 19.1 Å². The maximum Gasteiger partial charge on any atom is 0.471 e. The van der Waals surface area contributed by atoms with Crippen LogP contribution in [0.4, 0.5) is 13.2 Å². The van der Waals surface area contributed by atoms with Gasteiger partial charge in [-0.3, -0.25) is 4.79 Å². The van der Waals surface area contributed by atoms with E-state index in [9.17, 15) is 18.0 Å². The number of alkyl halides is 3. The number of amides is 1. The normalized spacial score (nSPS) is 15.3. The Morgan fingerprint density at radius 2 is 2.03 bits per heavy atom. The van der Waals surface area contributed by atoms with Crippen LogP contribution in [-0.2, 0) is 23.9 Å². The number of hydrogen-bond acceptors (Lipinski definition) is 5. The fraction of sp³-hybridized carbons (Fsp3) is 0.316. The van der Waals surface area contributed by atoms with E-state index in [1.54, 1.807) is 23.1 Å². The van der Waals surface area contributed by atoms with E-state index in [2.05, 4.69) is 14.7 Å². The highest BCUT2D eigenvalue weighted by molar-refractivity contribution is 7.15. The first-order valence-electron chi connectivity index (χ1n) is 8.79. The minimum absolute atomic E-state index is 0.00959. The second kappa shape index (κ2) is 7.46. The Kier molecular flexibility index (Phi) is 5.12. The number of aromatic nitrogens is 2. The maximum atomic E-state index is 12.9. The molecule has 3 heterocycles. The Morgan fingerprint density at radius 3 is 2.69 bits per heavy atom. The Bertz CT molecular complexity index is 1050. The van der Waals surface area contributed by atoms with Crippen molar-refractivity contribution in [2.75, 3.05) is 6.54 Å². The highest BCUT2D eigenvalue weighted by Crippen LogP contribution is 2.36. The SMILES string of the molecule is CC(C(=O)N1CCc2sc(-c3noc(C(F)(F)F)n3)cc2C1)c1ccc(Cl)cc1. The molecule has 2 aromatic heterocycles. The first-order valence-corrected chi connectivity index (χ1v) is 9.99. The van der Waals surface area contributed by atoms with Gasteiger partial charge in [0, 0.05) is 23.0 Å². The van der Waals surface area contributed by atoms with Crippen LogP contribution in [0.3, 0.4) is 0 Å². The summed E-state index contributed by atoms with van der Waals surface area (Å²) in [6.45, 7) is 2.79. The molecule has 0 radical (unpaired) electrons. The van der Waals surface area contributed by atoms with E-state index in [0.29, 0.717) is 29.4 Å². The molecule has 1 unspecified atom stereocenters. The van der Waals surface area contributed by atoms with Crippen LogP contribution in [0.5, 0.6) is 0 Å². The second-order valence-corrected chi connectivity index (χ2v) is 8.34. The monoisotopic (exact) mass is 441 g/mol. The van der Waals surface area contributed by atoms with Crippen molar-refractivity contribution < 1.29 is 22.5 Å². The molecule has 0 fully saturated rings. The molecule has 0 bridgehead atoms. The summed E-state index contributed by atoms with van der Waals surface area (Å²) < 4.78 is 42.3. The molecule has 0 N–H and O–H groups in total. The van der Waals surface area contributed by atoms with Gasteiger partial charge in [-0.25, -0.2) is 0 Å². The number of thiophene rings is 1. The van der Waals surface area contributed by atoms with E-state index in [4.69, 9.17) is 11.6 Å². The van der Waals surface area contributed by atoms with E-state index in [0.717, 1.165) is 16.0 Å². The fourth-order valence-corrected chi connectivity index (χ4v) is 4.45. The molecule has 1 aliphatic heterocycles. The number of carbonyl (C=O) groups excluding carboxylic acids is 1. The number of rotatable bonds is 3. The summed E-state index contributed by atoms with van der Waals surface area (Å²) >= 11 is 7.23. The Hall–Kier alpha value is -2.39. The molecular formula is C19H15ClF3N3O2S. The number of benzene rings is 1. The molecule has 5 nitrogen and oxygen atoms in total. The predicted octanol–water partition coefficient (Wildman–Crippen LogP) is 5.16. The lowest BCUT2D eigenvalue weighted by atomic mass is 9.98. The molecule has 10 heteroatoms. The van der Waals surface area contributed by atoms with Gasteiger partial charge in [-0.1, -0.05) is 28.9 Å². The van der Waals surface area contributed by atoms with Crippen LogP contribution < -0.4 is 0 Å². The molecule has 0 spiro atoms. The zero-order valence-electron chi connectivity index (χ0n) is 15.2. The van der Waals surface area contributed by atoms with Crippen LogP contribution >= 0.6 is 22.9 Å². The summed E-state index contributed by atoms with van der Waals surface area (Å²) in [5.74, 6) is -1.79. The molecule has 0 aliphatic carbocycles. The number of fused-ring (bicyclic) bond motifs is 1. The van der Waals surface area contributed by atoms with Crippen molar-refractivity contribution in [3.63, 3.8) is 0 Å². The van der Waals surface area contributed by atoms with Gasteiger partial charge in [-0.05, 0) is 42.7 Å². The molecule has 1 aliphatic rings. The van der Waals surface area contributed by atoms with Crippen LogP contribution in [0.25, 0.3) is 10.7 Å². The average Bonchev–Trinajstić information content (AvgIpc) is 3.33. The molecule has 1 amide bonds. The van der Waals surface area contributed by atoms with Gasteiger partial charge in [-0.2, -0.15) is 18.2 Å². The Labute approximate surface area is 173 Å². The zero-order valence-corrected chi connectivity index (χ0v) is 16.7. The molecule has 4 rings (SSSR count). The Balaban J connectivity index is 1.51. The van der Waals surface area contributed by atoms with Crippen molar-refractivity contribution in [1.29, 1.82) is 0 Å². The number of nitrogens with zero attached hydrogens (tertiary/aromatic N) is 3. The number of hydrogen-bond donors (Lipinski definition) is 0. The predicted molar refractivity (Wildman–Crippen MR) is 102 cm³/mol. The van der Waals surface area contributed by atoms with E-state index >= 15 is 0 Å². The zero-order chi connectivity index (χ0) is 20.8. The molecule has 0 saturated carbocycles. The van der Waals surface area contributed by atoms with Crippen LogP contribution in [0, 0.1) is 0 Å². The summed E-state index contributed by atoms with van der Waals surface area (Å²) in [6.07, 6.45) is -4.05. The minimum Gasteiger partial charge on any atom is -0.337 e. The third kappa shape index (κ3) is 4.02. The Morgan fingerprint density at radius 1 is 1.31 bits per heavy atom. The summed E-state index contributed by atoms with van der Waals surface area (Å²) in [6, 6.07) is 8.90. The lowest BCUT2D eigenvalue weighted by Crippen LogP contribution is -2.37. The van der Waals surface area contributed by atoms with Crippen molar-refractivity contribution in [3.8, 4) is 10.7 Å². The largest absolute Gasteiger partial charge is 0.471 e. The lowest BCUT2D eigenvalue weighted by molar-refractivity contribution is -0.159. The highest BCUT2D eigenvalue weighted by Gasteiger charge is 2.39. The summed E-state index contributed by atoms with van der Waals surface area (Å²) in [4.78, 5) is 19.6. The molecule has 0 saturated heterocycles. The number of carbonyl (C=O) groups is 1. The van der Waals surface area contributed by atoms with Crippen LogP contribution in [0.2, 0.25) is 5.02 Å². The van der Waals surface area contributed by atoms with Gasteiger partial charge in [0.25, 0.3) is 0 Å². The van der Waals surface area contributed by atoms with E-state index in [-0.39, 0.29) is 17.6 Å². The van der Waals surface area contributed by atoms with Crippen molar-refractivity contribution in [3.05, 3.63) is 57.2 Å². The summed E-state index contributed by atoms with van der Waals surface area (Å²) in [5.41, 5.74) is 1.77. The summed E-state index contributed by atoms with van der Waals surface area (Å²) in [5, 5.41) is 4.05. The van der Waals surface area contributed by atoms with Gasteiger partial charge >= 0.3 is 12.1 Å². The first kappa shape index (κ1) is 19.9. The first-order chi connectivity index (χ1) is 13.7. The van der Waals surface area contributed by atoms with Gasteiger partial charge in [0.2, 0.25) is 11.7 Å². The standard InChI is InChI=1S/C19H15ClF3N3O2S/c1-10(11-2-4-13(20)5-3-11)17(27)26-7-6-14-12(9-26)8-15(29-14)16-24-18(28-25-16)19(21,22)23/h2-5,8,10H,6-7,9H2,1H3. The van der Waals surface area contributed by atoms with Gasteiger partial charge in [0.15, 0.2) is 0 Å². The molecule has 29 heavy (non-hydrogen) atoms. The van der Waals surface area contributed by atoms with Crippen LogP contribution in [0.1, 0.15) is 34.7 Å². The van der Waals surface area contributed by atoms with Crippen molar-refractivity contribution >= 4 is 28.8 Å². The van der Waals surface area contributed by atoms with Gasteiger partial charge in [0.05, 0.1) is 10.8 Å². The molecule has 1 aromatic carbocycles. The van der Waals surface area contributed by atoms with Crippen LogP contribution in [0.15, 0.2) is 34.9 Å². The highest BCUT2D eigenvalue weighted by atomic mass is 35.5. The quantitative estimate of drug-likeness (QED) is 0.563. The topological polar surface area (TPSA) is 59.2 Å².